The fourth-order valence-corrected chi connectivity index (χ4v) is 2.56. The maximum absolute atomic E-state index is 12.8. The van der Waals surface area contributed by atoms with E-state index >= 15 is 0 Å². The summed E-state index contributed by atoms with van der Waals surface area (Å²) in [6.07, 6.45) is 4.52. The van der Waals surface area contributed by atoms with Gasteiger partial charge < -0.3 is 10.0 Å². The molecule has 0 aliphatic heterocycles. The highest BCUT2D eigenvalue weighted by Crippen LogP contribution is 2.24. The third-order valence-corrected chi connectivity index (χ3v) is 3.66. The van der Waals surface area contributed by atoms with Crippen LogP contribution in [0.3, 0.4) is 0 Å². The standard InChI is InChI=1S/C14H20FNO/c1-16(13-4-2-3-5-13)10-14(17)11-6-8-12(15)9-7-11/h6-9,13-14,17H,2-5,10H2,1H3. The topological polar surface area (TPSA) is 23.5 Å². The van der Waals surface area contributed by atoms with Gasteiger partial charge in [0.15, 0.2) is 0 Å². The summed E-state index contributed by atoms with van der Waals surface area (Å²) in [6, 6.07) is 6.71. The quantitative estimate of drug-likeness (QED) is 0.870. The van der Waals surface area contributed by atoms with Crippen LogP contribution in [0.4, 0.5) is 4.39 Å². The fraction of sp³-hybridized carbons (Fsp3) is 0.571. The molecule has 2 rings (SSSR count). The molecule has 1 aliphatic carbocycles. The van der Waals surface area contributed by atoms with Gasteiger partial charge in [-0.2, -0.15) is 0 Å². The molecule has 0 saturated heterocycles. The maximum atomic E-state index is 12.8. The molecule has 1 unspecified atom stereocenters. The van der Waals surface area contributed by atoms with Gasteiger partial charge in [0, 0.05) is 12.6 Å². The van der Waals surface area contributed by atoms with Crippen LogP contribution in [-0.4, -0.2) is 29.6 Å². The predicted octanol–water partition coefficient (Wildman–Crippen LogP) is 2.73. The van der Waals surface area contributed by atoms with Crippen molar-refractivity contribution in [3.05, 3.63) is 35.6 Å². The lowest BCUT2D eigenvalue weighted by atomic mass is 10.1. The zero-order valence-electron chi connectivity index (χ0n) is 10.3. The van der Waals surface area contributed by atoms with Crippen LogP contribution in [0, 0.1) is 5.82 Å². The highest BCUT2D eigenvalue weighted by atomic mass is 19.1. The maximum Gasteiger partial charge on any atom is 0.123 e. The molecule has 2 nitrogen and oxygen atoms in total. The van der Waals surface area contributed by atoms with E-state index in [4.69, 9.17) is 0 Å². The van der Waals surface area contributed by atoms with Crippen molar-refractivity contribution >= 4 is 0 Å². The minimum atomic E-state index is -0.527. The second-order valence-corrected chi connectivity index (χ2v) is 4.95. The van der Waals surface area contributed by atoms with Gasteiger partial charge >= 0.3 is 0 Å². The van der Waals surface area contributed by atoms with Crippen molar-refractivity contribution in [2.45, 2.75) is 37.8 Å². The molecule has 1 saturated carbocycles. The third kappa shape index (κ3) is 3.27. The fourth-order valence-electron chi connectivity index (χ4n) is 2.56. The van der Waals surface area contributed by atoms with Gasteiger partial charge in [0.25, 0.3) is 0 Å². The summed E-state index contributed by atoms with van der Waals surface area (Å²) >= 11 is 0. The first-order valence-corrected chi connectivity index (χ1v) is 6.30. The van der Waals surface area contributed by atoms with Crippen molar-refractivity contribution in [3.63, 3.8) is 0 Å². The Morgan fingerprint density at radius 2 is 1.88 bits per heavy atom. The van der Waals surface area contributed by atoms with Crippen LogP contribution in [0.15, 0.2) is 24.3 Å². The lowest BCUT2D eigenvalue weighted by molar-refractivity contribution is 0.105. The van der Waals surface area contributed by atoms with Crippen molar-refractivity contribution in [2.24, 2.45) is 0 Å². The van der Waals surface area contributed by atoms with E-state index in [0.29, 0.717) is 12.6 Å². The Kier molecular flexibility index (Phi) is 4.13. The Labute approximate surface area is 102 Å². The number of nitrogens with zero attached hydrogens (tertiary/aromatic N) is 1. The number of hydrogen-bond donors (Lipinski definition) is 1. The Hall–Kier alpha value is -0.930. The van der Waals surface area contributed by atoms with Gasteiger partial charge in [0.1, 0.15) is 5.82 Å². The molecule has 0 bridgehead atoms. The van der Waals surface area contributed by atoms with E-state index in [1.54, 1.807) is 12.1 Å². The SMILES string of the molecule is CN(CC(O)c1ccc(F)cc1)C1CCCC1. The molecular formula is C14H20FNO. The summed E-state index contributed by atoms with van der Waals surface area (Å²) in [5, 5.41) is 10.1. The second-order valence-electron chi connectivity index (χ2n) is 4.95. The minimum Gasteiger partial charge on any atom is -0.387 e. The van der Waals surface area contributed by atoms with Crippen molar-refractivity contribution in [1.82, 2.24) is 4.90 Å². The summed E-state index contributed by atoms with van der Waals surface area (Å²) in [5.74, 6) is -0.259. The summed E-state index contributed by atoms with van der Waals surface area (Å²) in [5.41, 5.74) is 0.788. The Bertz CT molecular complexity index is 346. The van der Waals surface area contributed by atoms with E-state index < -0.39 is 6.10 Å². The molecule has 1 aromatic carbocycles. The van der Waals surface area contributed by atoms with Gasteiger partial charge in [0.2, 0.25) is 0 Å². The van der Waals surface area contributed by atoms with E-state index in [1.807, 2.05) is 0 Å². The van der Waals surface area contributed by atoms with Gasteiger partial charge in [-0.15, -0.1) is 0 Å². The smallest absolute Gasteiger partial charge is 0.123 e. The zero-order chi connectivity index (χ0) is 12.3. The van der Waals surface area contributed by atoms with Crippen molar-refractivity contribution in [1.29, 1.82) is 0 Å². The molecule has 1 N–H and O–H groups in total. The number of rotatable bonds is 4. The molecular weight excluding hydrogens is 217 g/mol. The van der Waals surface area contributed by atoms with Crippen LogP contribution in [0.2, 0.25) is 0 Å². The molecule has 1 aromatic rings. The zero-order valence-corrected chi connectivity index (χ0v) is 10.3. The van der Waals surface area contributed by atoms with Crippen molar-refractivity contribution in [2.75, 3.05) is 13.6 Å². The average Bonchev–Trinajstić information content (AvgIpc) is 2.83. The summed E-state index contributed by atoms with van der Waals surface area (Å²) < 4.78 is 12.8. The lowest BCUT2D eigenvalue weighted by Gasteiger charge is -2.26. The molecule has 0 spiro atoms. The van der Waals surface area contributed by atoms with Crippen LogP contribution in [-0.2, 0) is 0 Å². The minimum absolute atomic E-state index is 0.259. The Balaban J connectivity index is 1.91. The summed E-state index contributed by atoms with van der Waals surface area (Å²) in [4.78, 5) is 2.22. The van der Waals surface area contributed by atoms with Crippen molar-refractivity contribution < 1.29 is 9.50 Å². The van der Waals surface area contributed by atoms with Crippen LogP contribution >= 0.6 is 0 Å². The van der Waals surface area contributed by atoms with E-state index in [0.717, 1.165) is 5.56 Å². The van der Waals surface area contributed by atoms with Gasteiger partial charge in [-0.25, -0.2) is 4.39 Å². The number of aliphatic hydroxyl groups is 1. The van der Waals surface area contributed by atoms with Crippen LogP contribution in [0.25, 0.3) is 0 Å². The van der Waals surface area contributed by atoms with Gasteiger partial charge in [-0.1, -0.05) is 25.0 Å². The predicted molar refractivity (Wildman–Crippen MR) is 66.2 cm³/mol. The van der Waals surface area contributed by atoms with Crippen molar-refractivity contribution in [3.8, 4) is 0 Å². The monoisotopic (exact) mass is 237 g/mol. The molecule has 1 fully saturated rings. The van der Waals surface area contributed by atoms with E-state index in [-0.39, 0.29) is 5.82 Å². The number of halogens is 1. The molecule has 3 heteroatoms. The highest BCUT2D eigenvalue weighted by molar-refractivity contribution is 5.18. The molecule has 1 aliphatic rings. The molecule has 17 heavy (non-hydrogen) atoms. The van der Waals surface area contributed by atoms with Gasteiger partial charge in [-0.3, -0.25) is 0 Å². The molecule has 0 amide bonds. The van der Waals surface area contributed by atoms with Gasteiger partial charge in [0.05, 0.1) is 6.10 Å². The summed E-state index contributed by atoms with van der Waals surface area (Å²) in [7, 11) is 2.06. The number of likely N-dealkylation sites (N-methyl/N-ethyl adjacent to an activating group) is 1. The van der Waals surface area contributed by atoms with Crippen LogP contribution < -0.4 is 0 Å². The molecule has 0 radical (unpaired) electrons. The van der Waals surface area contributed by atoms with Crippen LogP contribution in [0.5, 0.6) is 0 Å². The lowest BCUT2D eigenvalue weighted by Crippen LogP contribution is -2.33. The third-order valence-electron chi connectivity index (χ3n) is 3.66. The van der Waals surface area contributed by atoms with E-state index in [9.17, 15) is 9.50 Å². The first-order chi connectivity index (χ1) is 8.16. The molecule has 94 valence electrons. The van der Waals surface area contributed by atoms with Gasteiger partial charge in [-0.05, 0) is 37.6 Å². The number of aliphatic hydroxyl groups excluding tert-OH is 1. The molecule has 1 atom stereocenters. The number of hydrogen-bond acceptors (Lipinski definition) is 2. The molecule has 0 aromatic heterocycles. The average molecular weight is 237 g/mol. The summed E-state index contributed by atoms with van der Waals surface area (Å²) in [6.45, 7) is 0.621. The van der Waals surface area contributed by atoms with E-state index in [1.165, 1.54) is 37.8 Å². The second kappa shape index (κ2) is 5.61. The normalized spacial score (nSPS) is 18.8. The Morgan fingerprint density at radius 3 is 2.47 bits per heavy atom. The number of benzene rings is 1. The van der Waals surface area contributed by atoms with E-state index in [2.05, 4.69) is 11.9 Å². The first-order valence-electron chi connectivity index (χ1n) is 6.30. The molecule has 0 heterocycles. The largest absolute Gasteiger partial charge is 0.387 e. The highest BCUT2D eigenvalue weighted by Gasteiger charge is 2.21. The van der Waals surface area contributed by atoms with Crippen LogP contribution in [0.1, 0.15) is 37.4 Å². The Morgan fingerprint density at radius 1 is 1.29 bits per heavy atom. The first kappa shape index (κ1) is 12.5.